The van der Waals surface area contributed by atoms with Gasteiger partial charge < -0.3 is 14.8 Å². The quantitative estimate of drug-likeness (QED) is 0.689. The maximum atomic E-state index is 11.8. The van der Waals surface area contributed by atoms with Gasteiger partial charge in [-0.3, -0.25) is 14.6 Å². The Hall–Kier alpha value is -1.79. The van der Waals surface area contributed by atoms with E-state index in [9.17, 15) is 4.79 Å². The third-order valence-corrected chi connectivity index (χ3v) is 4.25. The molecule has 1 amide bonds. The van der Waals surface area contributed by atoms with Gasteiger partial charge in [-0.1, -0.05) is 6.92 Å². The Kier molecular flexibility index (Phi) is 8.71. The monoisotopic (exact) mass is 363 g/mol. The zero-order valence-corrected chi connectivity index (χ0v) is 16.4. The largest absolute Gasteiger partial charge is 0.494 e. The van der Waals surface area contributed by atoms with Gasteiger partial charge in [-0.25, -0.2) is 0 Å². The Morgan fingerprint density at radius 3 is 2.08 bits per heavy atom. The lowest BCUT2D eigenvalue weighted by Crippen LogP contribution is -2.50. The molecule has 1 aliphatic rings. The summed E-state index contributed by atoms with van der Waals surface area (Å²) in [7, 11) is 0. The minimum atomic E-state index is 0.114. The van der Waals surface area contributed by atoms with Crippen LogP contribution in [0.2, 0.25) is 0 Å². The first-order valence-corrected chi connectivity index (χ1v) is 9.66. The fraction of sp³-hybridized carbons (Fsp3) is 0.650. The summed E-state index contributed by atoms with van der Waals surface area (Å²) in [6.07, 6.45) is 1.01. The first-order chi connectivity index (χ1) is 12.6. The SMILES string of the molecule is CCCOc1ccc(OCCN2CCN(CC(=O)NC(C)C)CC2)cc1. The van der Waals surface area contributed by atoms with Crippen LogP contribution in [-0.4, -0.2) is 74.2 Å². The topological polar surface area (TPSA) is 54.0 Å². The molecule has 1 heterocycles. The second-order valence-corrected chi connectivity index (χ2v) is 7.01. The molecule has 0 unspecified atom stereocenters. The van der Waals surface area contributed by atoms with E-state index in [4.69, 9.17) is 9.47 Å². The van der Waals surface area contributed by atoms with Crippen molar-refractivity contribution in [3.05, 3.63) is 24.3 Å². The molecule has 1 N–H and O–H groups in total. The van der Waals surface area contributed by atoms with Crippen LogP contribution in [0.4, 0.5) is 0 Å². The number of piperazine rings is 1. The van der Waals surface area contributed by atoms with Gasteiger partial charge in [0.1, 0.15) is 18.1 Å². The predicted molar refractivity (Wildman–Crippen MR) is 104 cm³/mol. The molecular formula is C20H33N3O3. The lowest BCUT2D eigenvalue weighted by molar-refractivity contribution is -0.123. The van der Waals surface area contributed by atoms with Crippen molar-refractivity contribution in [3.8, 4) is 11.5 Å². The van der Waals surface area contributed by atoms with E-state index in [1.165, 1.54) is 0 Å². The van der Waals surface area contributed by atoms with E-state index < -0.39 is 0 Å². The Labute approximate surface area is 157 Å². The van der Waals surface area contributed by atoms with E-state index in [1.807, 2.05) is 38.1 Å². The third-order valence-electron chi connectivity index (χ3n) is 4.25. The summed E-state index contributed by atoms with van der Waals surface area (Å²) in [5.74, 6) is 1.87. The zero-order valence-electron chi connectivity index (χ0n) is 16.4. The number of benzene rings is 1. The summed E-state index contributed by atoms with van der Waals surface area (Å²) >= 11 is 0. The summed E-state index contributed by atoms with van der Waals surface area (Å²) in [5.41, 5.74) is 0. The van der Waals surface area contributed by atoms with Crippen molar-refractivity contribution in [3.63, 3.8) is 0 Å². The van der Waals surface area contributed by atoms with E-state index in [1.54, 1.807) is 0 Å². The standard InChI is InChI=1S/C20H33N3O3/c1-4-14-25-18-5-7-19(8-6-18)26-15-13-22-9-11-23(12-10-22)16-20(24)21-17(2)3/h5-8,17H,4,9-16H2,1-3H3,(H,21,24). The summed E-state index contributed by atoms with van der Waals surface area (Å²) in [5, 5.41) is 2.95. The van der Waals surface area contributed by atoms with Crippen molar-refractivity contribution in [2.75, 3.05) is 52.5 Å². The average molecular weight is 364 g/mol. The van der Waals surface area contributed by atoms with Gasteiger partial charge in [0, 0.05) is 38.8 Å². The minimum Gasteiger partial charge on any atom is -0.494 e. The Morgan fingerprint density at radius 2 is 1.54 bits per heavy atom. The number of ether oxygens (including phenoxy) is 2. The van der Waals surface area contributed by atoms with Crippen LogP contribution in [0.15, 0.2) is 24.3 Å². The van der Waals surface area contributed by atoms with Crippen LogP contribution >= 0.6 is 0 Å². The molecule has 0 radical (unpaired) electrons. The second kappa shape index (κ2) is 11.0. The van der Waals surface area contributed by atoms with Crippen LogP contribution in [0.25, 0.3) is 0 Å². The maximum absolute atomic E-state index is 11.8. The highest BCUT2D eigenvalue weighted by Gasteiger charge is 2.18. The van der Waals surface area contributed by atoms with Gasteiger partial charge in [-0.15, -0.1) is 0 Å². The number of carbonyl (C=O) groups excluding carboxylic acids is 1. The average Bonchev–Trinajstić information content (AvgIpc) is 2.62. The van der Waals surface area contributed by atoms with Crippen LogP contribution < -0.4 is 14.8 Å². The molecule has 0 aliphatic carbocycles. The van der Waals surface area contributed by atoms with E-state index >= 15 is 0 Å². The Bertz CT molecular complexity index is 526. The number of rotatable bonds is 10. The molecule has 0 bridgehead atoms. The fourth-order valence-electron chi connectivity index (χ4n) is 2.89. The molecule has 6 heteroatoms. The Balaban J connectivity index is 1.60. The number of carbonyl (C=O) groups is 1. The van der Waals surface area contributed by atoms with Gasteiger partial charge in [0.2, 0.25) is 5.91 Å². The van der Waals surface area contributed by atoms with E-state index in [0.29, 0.717) is 13.2 Å². The minimum absolute atomic E-state index is 0.114. The summed E-state index contributed by atoms with van der Waals surface area (Å²) < 4.78 is 11.4. The van der Waals surface area contributed by atoms with Gasteiger partial charge in [-0.05, 0) is 44.5 Å². The van der Waals surface area contributed by atoms with Crippen LogP contribution in [0.3, 0.4) is 0 Å². The van der Waals surface area contributed by atoms with Gasteiger partial charge in [0.15, 0.2) is 0 Å². The van der Waals surface area contributed by atoms with Crippen LogP contribution in [0.5, 0.6) is 11.5 Å². The van der Waals surface area contributed by atoms with Gasteiger partial charge in [0.25, 0.3) is 0 Å². The highest BCUT2D eigenvalue weighted by Crippen LogP contribution is 2.17. The lowest BCUT2D eigenvalue weighted by Gasteiger charge is -2.34. The molecule has 1 aromatic carbocycles. The van der Waals surface area contributed by atoms with Crippen LogP contribution in [-0.2, 0) is 4.79 Å². The molecule has 1 fully saturated rings. The summed E-state index contributed by atoms with van der Waals surface area (Å²) in [6.45, 7) is 12.7. The van der Waals surface area contributed by atoms with Gasteiger partial charge >= 0.3 is 0 Å². The normalized spacial score (nSPS) is 15.8. The third kappa shape index (κ3) is 7.62. The fourth-order valence-corrected chi connectivity index (χ4v) is 2.89. The molecule has 1 aromatic rings. The zero-order chi connectivity index (χ0) is 18.8. The smallest absolute Gasteiger partial charge is 0.234 e. The van der Waals surface area contributed by atoms with Gasteiger partial charge in [0.05, 0.1) is 13.2 Å². The Morgan fingerprint density at radius 1 is 1.00 bits per heavy atom. The molecule has 0 spiro atoms. The second-order valence-electron chi connectivity index (χ2n) is 7.01. The number of nitrogens with one attached hydrogen (secondary N) is 1. The first-order valence-electron chi connectivity index (χ1n) is 9.66. The van der Waals surface area contributed by atoms with Crippen molar-refractivity contribution in [2.24, 2.45) is 0 Å². The molecule has 26 heavy (non-hydrogen) atoms. The first kappa shape index (κ1) is 20.5. The molecule has 0 aromatic heterocycles. The van der Waals surface area contributed by atoms with E-state index in [-0.39, 0.29) is 11.9 Å². The van der Waals surface area contributed by atoms with Crippen molar-refractivity contribution >= 4 is 5.91 Å². The maximum Gasteiger partial charge on any atom is 0.234 e. The summed E-state index contributed by atoms with van der Waals surface area (Å²) in [4.78, 5) is 16.4. The molecule has 0 saturated carbocycles. The summed E-state index contributed by atoms with van der Waals surface area (Å²) in [6, 6.07) is 8.01. The molecular weight excluding hydrogens is 330 g/mol. The molecule has 6 nitrogen and oxygen atoms in total. The van der Waals surface area contributed by atoms with Crippen molar-refractivity contribution in [1.29, 1.82) is 0 Å². The predicted octanol–water partition coefficient (Wildman–Crippen LogP) is 2.00. The van der Waals surface area contributed by atoms with Gasteiger partial charge in [-0.2, -0.15) is 0 Å². The lowest BCUT2D eigenvalue weighted by atomic mass is 10.3. The van der Waals surface area contributed by atoms with Crippen molar-refractivity contribution in [1.82, 2.24) is 15.1 Å². The van der Waals surface area contributed by atoms with Crippen molar-refractivity contribution in [2.45, 2.75) is 33.2 Å². The molecule has 0 atom stereocenters. The van der Waals surface area contributed by atoms with E-state index in [2.05, 4.69) is 22.0 Å². The highest BCUT2D eigenvalue weighted by molar-refractivity contribution is 5.78. The number of amides is 1. The van der Waals surface area contributed by atoms with Crippen LogP contribution in [0.1, 0.15) is 27.2 Å². The number of nitrogens with zero attached hydrogens (tertiary/aromatic N) is 2. The molecule has 2 rings (SSSR count). The van der Waals surface area contributed by atoms with Crippen LogP contribution in [0, 0.1) is 0 Å². The molecule has 1 aliphatic heterocycles. The highest BCUT2D eigenvalue weighted by atomic mass is 16.5. The molecule has 1 saturated heterocycles. The van der Waals surface area contributed by atoms with E-state index in [0.717, 1.165) is 57.3 Å². The number of hydrogen-bond acceptors (Lipinski definition) is 5. The number of hydrogen-bond donors (Lipinski definition) is 1. The molecule has 146 valence electrons. The van der Waals surface area contributed by atoms with Crippen molar-refractivity contribution < 1.29 is 14.3 Å².